The molecule has 1 heterocycles. The summed E-state index contributed by atoms with van der Waals surface area (Å²) in [6, 6.07) is 7.25. The van der Waals surface area contributed by atoms with Crippen LogP contribution in [0.15, 0.2) is 54.0 Å². The minimum Gasteiger partial charge on any atom is -0.493 e. The highest BCUT2D eigenvalue weighted by Gasteiger charge is 1.97. The van der Waals surface area contributed by atoms with Crippen LogP contribution in [0.5, 0.6) is 5.75 Å². The van der Waals surface area contributed by atoms with E-state index in [9.17, 15) is 4.79 Å². The van der Waals surface area contributed by atoms with Gasteiger partial charge in [0.1, 0.15) is 10.8 Å². The molecule has 0 amide bonds. The van der Waals surface area contributed by atoms with Crippen LogP contribution >= 0.6 is 11.8 Å². The molecule has 2 aromatic rings. The van der Waals surface area contributed by atoms with Crippen molar-refractivity contribution in [3.8, 4) is 5.75 Å². The molecular weight excluding hydrogens is 288 g/mol. The van der Waals surface area contributed by atoms with Crippen LogP contribution in [0.2, 0.25) is 0 Å². The number of carboxylic acids is 1. The summed E-state index contributed by atoms with van der Waals surface area (Å²) < 4.78 is 5.60. The van der Waals surface area contributed by atoms with Crippen molar-refractivity contribution < 1.29 is 14.6 Å². The first-order valence-electron chi connectivity index (χ1n) is 6.27. The van der Waals surface area contributed by atoms with Gasteiger partial charge in [0, 0.05) is 24.2 Å². The minimum absolute atomic E-state index is 0.561. The fourth-order valence-electron chi connectivity index (χ4n) is 1.51. The molecule has 0 aliphatic carbocycles. The number of benzene rings is 1. The minimum atomic E-state index is -0.962. The van der Waals surface area contributed by atoms with Crippen molar-refractivity contribution in [3.05, 3.63) is 54.5 Å². The molecule has 0 radical (unpaired) electrons. The Labute approximate surface area is 126 Å². The van der Waals surface area contributed by atoms with Gasteiger partial charge in [-0.3, -0.25) is 4.98 Å². The lowest BCUT2D eigenvalue weighted by atomic mass is 10.2. The Bertz CT molecular complexity index is 600. The van der Waals surface area contributed by atoms with Crippen molar-refractivity contribution in [2.24, 2.45) is 0 Å². The Kier molecular flexibility index (Phi) is 5.78. The maximum Gasteiger partial charge on any atom is 0.328 e. The molecule has 0 spiro atoms. The molecule has 0 atom stereocenters. The van der Waals surface area contributed by atoms with E-state index in [1.807, 2.05) is 24.3 Å². The highest BCUT2D eigenvalue weighted by molar-refractivity contribution is 7.99. The molecule has 6 heteroatoms. The molecule has 0 fully saturated rings. The van der Waals surface area contributed by atoms with Gasteiger partial charge >= 0.3 is 5.97 Å². The molecule has 0 aliphatic heterocycles. The zero-order valence-corrected chi connectivity index (χ0v) is 12.0. The van der Waals surface area contributed by atoms with Crippen LogP contribution in [-0.2, 0) is 4.79 Å². The number of thioether (sulfide) groups is 1. The van der Waals surface area contributed by atoms with Crippen molar-refractivity contribution in [3.63, 3.8) is 0 Å². The summed E-state index contributed by atoms with van der Waals surface area (Å²) in [6.45, 7) is 0.561. The maximum atomic E-state index is 10.4. The van der Waals surface area contributed by atoms with Crippen LogP contribution < -0.4 is 4.74 Å². The lowest BCUT2D eigenvalue weighted by molar-refractivity contribution is -0.131. The number of aliphatic carboxylic acids is 1. The average molecular weight is 302 g/mol. The summed E-state index contributed by atoms with van der Waals surface area (Å²) in [4.78, 5) is 18.6. The van der Waals surface area contributed by atoms with Gasteiger partial charge < -0.3 is 9.84 Å². The Balaban J connectivity index is 1.75. The van der Waals surface area contributed by atoms with Crippen LogP contribution in [0.1, 0.15) is 5.56 Å². The number of ether oxygens (including phenoxy) is 1. The van der Waals surface area contributed by atoms with Crippen LogP contribution in [0.3, 0.4) is 0 Å². The fraction of sp³-hybridized carbons (Fsp3) is 0.133. The standard InChI is InChI=1S/C15H14N2O3S/c18-15(19)6-3-12-1-4-13(5-2-12)20-9-10-21-14-11-16-7-8-17-14/h1-8,11H,9-10H2,(H,18,19). The van der Waals surface area contributed by atoms with Gasteiger partial charge in [-0.2, -0.15) is 0 Å². The van der Waals surface area contributed by atoms with E-state index in [1.165, 1.54) is 6.08 Å². The summed E-state index contributed by atoms with van der Waals surface area (Å²) in [6.07, 6.45) is 7.66. The van der Waals surface area contributed by atoms with E-state index in [0.717, 1.165) is 28.2 Å². The second kappa shape index (κ2) is 8.06. The molecule has 21 heavy (non-hydrogen) atoms. The SMILES string of the molecule is O=C(O)C=Cc1ccc(OCCSc2cnccn2)cc1. The maximum absolute atomic E-state index is 10.4. The van der Waals surface area contributed by atoms with Crippen molar-refractivity contribution in [1.82, 2.24) is 9.97 Å². The van der Waals surface area contributed by atoms with Crippen LogP contribution in [0.25, 0.3) is 6.08 Å². The number of carbonyl (C=O) groups is 1. The van der Waals surface area contributed by atoms with E-state index in [2.05, 4.69) is 9.97 Å². The van der Waals surface area contributed by atoms with E-state index in [4.69, 9.17) is 9.84 Å². The van der Waals surface area contributed by atoms with E-state index in [0.29, 0.717) is 6.61 Å². The predicted octanol–water partition coefficient (Wildman–Crippen LogP) is 2.75. The topological polar surface area (TPSA) is 72.3 Å². The molecule has 108 valence electrons. The normalized spacial score (nSPS) is 10.7. The van der Waals surface area contributed by atoms with Crippen molar-refractivity contribution in [2.45, 2.75) is 5.03 Å². The zero-order chi connectivity index (χ0) is 14.9. The van der Waals surface area contributed by atoms with Crippen molar-refractivity contribution in [2.75, 3.05) is 12.4 Å². The highest BCUT2D eigenvalue weighted by Crippen LogP contribution is 2.16. The molecular formula is C15H14N2O3S. The third-order valence-corrected chi connectivity index (χ3v) is 3.32. The molecule has 0 saturated heterocycles. The van der Waals surface area contributed by atoms with Gasteiger partial charge in [-0.1, -0.05) is 12.1 Å². The molecule has 1 N–H and O–H groups in total. The van der Waals surface area contributed by atoms with Gasteiger partial charge in [-0.05, 0) is 23.8 Å². The first kappa shape index (κ1) is 15.1. The molecule has 5 nitrogen and oxygen atoms in total. The van der Waals surface area contributed by atoms with Crippen molar-refractivity contribution in [1.29, 1.82) is 0 Å². The summed E-state index contributed by atoms with van der Waals surface area (Å²) in [7, 11) is 0. The Morgan fingerprint density at radius 1 is 1.29 bits per heavy atom. The molecule has 0 unspecified atom stereocenters. The summed E-state index contributed by atoms with van der Waals surface area (Å²) in [5, 5.41) is 9.41. The lowest BCUT2D eigenvalue weighted by Gasteiger charge is -2.05. The first-order valence-corrected chi connectivity index (χ1v) is 7.25. The van der Waals surface area contributed by atoms with E-state index in [-0.39, 0.29) is 0 Å². The molecule has 1 aromatic carbocycles. The lowest BCUT2D eigenvalue weighted by Crippen LogP contribution is -2.00. The van der Waals surface area contributed by atoms with Gasteiger partial charge in [-0.15, -0.1) is 11.8 Å². The number of aromatic nitrogens is 2. The van der Waals surface area contributed by atoms with E-state index >= 15 is 0 Å². The van der Waals surface area contributed by atoms with Crippen LogP contribution in [0.4, 0.5) is 0 Å². The number of hydrogen-bond donors (Lipinski definition) is 1. The van der Waals surface area contributed by atoms with E-state index < -0.39 is 5.97 Å². The van der Waals surface area contributed by atoms with E-state index in [1.54, 1.807) is 30.4 Å². The fourth-order valence-corrected chi connectivity index (χ4v) is 2.15. The zero-order valence-electron chi connectivity index (χ0n) is 11.2. The van der Waals surface area contributed by atoms with Gasteiger partial charge in [0.25, 0.3) is 0 Å². The molecule has 0 bridgehead atoms. The third kappa shape index (κ3) is 5.66. The number of hydrogen-bond acceptors (Lipinski definition) is 5. The largest absolute Gasteiger partial charge is 0.493 e. The number of rotatable bonds is 7. The summed E-state index contributed by atoms with van der Waals surface area (Å²) in [5.74, 6) is 0.567. The summed E-state index contributed by atoms with van der Waals surface area (Å²) >= 11 is 1.58. The first-order chi connectivity index (χ1) is 10.2. The van der Waals surface area contributed by atoms with Gasteiger partial charge in [-0.25, -0.2) is 9.78 Å². The molecule has 0 aliphatic rings. The molecule has 1 aromatic heterocycles. The quantitative estimate of drug-likeness (QED) is 0.482. The Hall–Kier alpha value is -2.34. The molecule has 0 saturated carbocycles. The van der Waals surface area contributed by atoms with Gasteiger partial charge in [0.15, 0.2) is 0 Å². The van der Waals surface area contributed by atoms with Gasteiger partial charge in [0.2, 0.25) is 0 Å². The van der Waals surface area contributed by atoms with Crippen LogP contribution in [0, 0.1) is 0 Å². The average Bonchev–Trinajstić information content (AvgIpc) is 2.52. The molecule has 2 rings (SSSR count). The van der Waals surface area contributed by atoms with Crippen molar-refractivity contribution >= 4 is 23.8 Å². The van der Waals surface area contributed by atoms with Crippen LogP contribution in [-0.4, -0.2) is 33.4 Å². The number of nitrogens with zero attached hydrogens (tertiary/aromatic N) is 2. The summed E-state index contributed by atoms with van der Waals surface area (Å²) in [5.41, 5.74) is 0.818. The Morgan fingerprint density at radius 3 is 2.76 bits per heavy atom. The van der Waals surface area contributed by atoms with Gasteiger partial charge in [0.05, 0.1) is 12.8 Å². The Morgan fingerprint density at radius 2 is 2.10 bits per heavy atom. The highest BCUT2D eigenvalue weighted by atomic mass is 32.2. The second-order valence-electron chi connectivity index (χ2n) is 3.98. The number of carboxylic acid groups (broad SMARTS) is 1. The monoisotopic (exact) mass is 302 g/mol. The smallest absolute Gasteiger partial charge is 0.328 e. The second-order valence-corrected chi connectivity index (χ2v) is 5.10. The predicted molar refractivity (Wildman–Crippen MR) is 81.4 cm³/mol. The third-order valence-electron chi connectivity index (χ3n) is 2.44.